The summed E-state index contributed by atoms with van der Waals surface area (Å²) < 4.78 is 4.91. The molecule has 0 bridgehead atoms. The zero-order valence-electron chi connectivity index (χ0n) is 9.86. The number of amides is 3. The van der Waals surface area contributed by atoms with Gasteiger partial charge in [-0.15, -0.1) is 0 Å². The fraction of sp³-hybridized carbons (Fsp3) is 0.250. The third-order valence-corrected chi connectivity index (χ3v) is 2.69. The molecule has 0 aromatic heterocycles. The maximum absolute atomic E-state index is 11.8. The first kappa shape index (κ1) is 12.1. The minimum Gasteiger partial charge on any atom is -0.499 e. The quantitative estimate of drug-likeness (QED) is 0.689. The molecular weight excluding hydrogens is 236 g/mol. The van der Waals surface area contributed by atoms with Gasteiger partial charge in [-0.25, -0.2) is 0 Å². The second-order valence-electron chi connectivity index (χ2n) is 3.98. The standard InChI is InChI=1S/C12H12N2O4/c1-7-3-8(13-12(7)17)4-10(15)14-6-9(18-2)5-11(14)16/h4-5H,1,3,6H2,2H3,(H,13,17)/b8-4+. The average molecular weight is 248 g/mol. The van der Waals surface area contributed by atoms with Crippen molar-refractivity contribution in [2.45, 2.75) is 6.42 Å². The summed E-state index contributed by atoms with van der Waals surface area (Å²) in [5, 5.41) is 2.51. The molecule has 2 heterocycles. The summed E-state index contributed by atoms with van der Waals surface area (Å²) in [4.78, 5) is 35.6. The summed E-state index contributed by atoms with van der Waals surface area (Å²) in [6.07, 6.45) is 2.81. The molecule has 1 fully saturated rings. The van der Waals surface area contributed by atoms with Crippen LogP contribution in [0.3, 0.4) is 0 Å². The maximum Gasteiger partial charge on any atom is 0.257 e. The highest BCUT2D eigenvalue weighted by Crippen LogP contribution is 2.17. The molecular formula is C12H12N2O4. The van der Waals surface area contributed by atoms with Crippen molar-refractivity contribution in [2.24, 2.45) is 0 Å². The van der Waals surface area contributed by atoms with Gasteiger partial charge in [0.25, 0.3) is 17.7 Å². The van der Waals surface area contributed by atoms with Gasteiger partial charge in [-0.1, -0.05) is 6.58 Å². The van der Waals surface area contributed by atoms with Gasteiger partial charge in [-0.05, 0) is 0 Å². The van der Waals surface area contributed by atoms with E-state index >= 15 is 0 Å². The van der Waals surface area contributed by atoms with Gasteiger partial charge >= 0.3 is 0 Å². The van der Waals surface area contributed by atoms with E-state index in [0.717, 1.165) is 4.90 Å². The van der Waals surface area contributed by atoms with Crippen LogP contribution in [0.4, 0.5) is 0 Å². The summed E-state index contributed by atoms with van der Waals surface area (Å²) in [7, 11) is 1.44. The van der Waals surface area contributed by atoms with Crippen LogP contribution in [0.1, 0.15) is 6.42 Å². The molecule has 6 nitrogen and oxygen atoms in total. The number of imide groups is 1. The Bertz CT molecular complexity index is 498. The van der Waals surface area contributed by atoms with E-state index in [1.807, 2.05) is 0 Å². The molecule has 0 atom stereocenters. The normalized spacial score (nSPS) is 21.4. The van der Waals surface area contributed by atoms with Crippen LogP contribution in [-0.2, 0) is 19.1 Å². The summed E-state index contributed by atoms with van der Waals surface area (Å²) >= 11 is 0. The highest BCUT2D eigenvalue weighted by Gasteiger charge is 2.28. The lowest BCUT2D eigenvalue weighted by Gasteiger charge is -2.11. The Balaban J connectivity index is 2.06. The first-order chi connectivity index (χ1) is 8.51. The maximum atomic E-state index is 11.8. The SMILES string of the molecule is C=C1C/C(=C\C(=O)N2CC(OC)=CC2=O)NC1=O. The van der Waals surface area contributed by atoms with Gasteiger partial charge in [-0.3, -0.25) is 19.3 Å². The van der Waals surface area contributed by atoms with Gasteiger partial charge in [0.15, 0.2) is 0 Å². The molecule has 2 rings (SSSR count). The van der Waals surface area contributed by atoms with Crippen LogP contribution in [0.25, 0.3) is 0 Å². The van der Waals surface area contributed by atoms with Crippen molar-refractivity contribution >= 4 is 17.7 Å². The minimum atomic E-state index is -0.478. The fourth-order valence-electron chi connectivity index (χ4n) is 1.71. The number of nitrogens with one attached hydrogen (secondary N) is 1. The van der Waals surface area contributed by atoms with Gasteiger partial charge in [0, 0.05) is 29.8 Å². The lowest BCUT2D eigenvalue weighted by Crippen LogP contribution is -2.32. The molecule has 94 valence electrons. The number of hydrogen-bond acceptors (Lipinski definition) is 4. The highest BCUT2D eigenvalue weighted by atomic mass is 16.5. The van der Waals surface area contributed by atoms with Gasteiger partial charge in [-0.2, -0.15) is 0 Å². The Kier molecular flexibility index (Phi) is 3.01. The molecule has 1 saturated heterocycles. The lowest BCUT2D eigenvalue weighted by atomic mass is 10.2. The zero-order valence-corrected chi connectivity index (χ0v) is 9.86. The summed E-state index contributed by atoms with van der Waals surface area (Å²) in [5.41, 5.74) is 0.853. The van der Waals surface area contributed by atoms with Gasteiger partial charge in [0.1, 0.15) is 5.76 Å². The smallest absolute Gasteiger partial charge is 0.257 e. The number of hydrogen-bond donors (Lipinski definition) is 1. The van der Waals surface area contributed by atoms with Crippen molar-refractivity contribution < 1.29 is 19.1 Å². The first-order valence-corrected chi connectivity index (χ1v) is 5.31. The average Bonchev–Trinajstić information content (AvgIpc) is 2.83. The molecule has 18 heavy (non-hydrogen) atoms. The molecule has 3 amide bonds. The number of methoxy groups -OCH3 is 1. The monoisotopic (exact) mass is 248 g/mol. The van der Waals surface area contributed by atoms with Crippen LogP contribution in [-0.4, -0.2) is 36.3 Å². The van der Waals surface area contributed by atoms with Crippen LogP contribution >= 0.6 is 0 Å². The van der Waals surface area contributed by atoms with E-state index in [1.54, 1.807) is 0 Å². The molecule has 0 spiro atoms. The topological polar surface area (TPSA) is 75.7 Å². The molecule has 2 aliphatic rings. The number of carbonyl (C=O) groups excluding carboxylic acids is 3. The molecule has 0 aromatic rings. The van der Waals surface area contributed by atoms with Crippen molar-refractivity contribution in [3.8, 4) is 0 Å². The molecule has 2 aliphatic heterocycles. The van der Waals surface area contributed by atoms with E-state index in [0.29, 0.717) is 23.5 Å². The first-order valence-electron chi connectivity index (χ1n) is 5.31. The molecule has 0 unspecified atom stereocenters. The lowest BCUT2D eigenvalue weighted by molar-refractivity contribution is -0.137. The highest BCUT2D eigenvalue weighted by molar-refractivity contribution is 6.08. The fourth-order valence-corrected chi connectivity index (χ4v) is 1.71. The predicted molar refractivity (Wildman–Crippen MR) is 61.8 cm³/mol. The Labute approximate surface area is 104 Å². The Hall–Kier alpha value is -2.37. The van der Waals surface area contributed by atoms with Crippen molar-refractivity contribution in [1.82, 2.24) is 10.2 Å². The molecule has 0 saturated carbocycles. The Morgan fingerprint density at radius 3 is 2.78 bits per heavy atom. The van der Waals surface area contributed by atoms with E-state index in [2.05, 4.69) is 11.9 Å². The van der Waals surface area contributed by atoms with Crippen LogP contribution in [0, 0.1) is 0 Å². The summed E-state index contributed by atoms with van der Waals surface area (Å²) in [5.74, 6) is -0.755. The number of carbonyl (C=O) groups is 3. The van der Waals surface area contributed by atoms with E-state index in [-0.39, 0.29) is 12.5 Å². The molecule has 1 N–H and O–H groups in total. The third kappa shape index (κ3) is 2.17. The molecule has 0 aromatic carbocycles. The molecule has 6 heteroatoms. The van der Waals surface area contributed by atoms with Gasteiger partial charge < -0.3 is 10.1 Å². The van der Waals surface area contributed by atoms with E-state index in [4.69, 9.17) is 4.74 Å². The largest absolute Gasteiger partial charge is 0.499 e. The van der Waals surface area contributed by atoms with Gasteiger partial charge in [0.2, 0.25) is 0 Å². The number of allylic oxidation sites excluding steroid dienone is 1. The van der Waals surface area contributed by atoms with Crippen LogP contribution in [0.2, 0.25) is 0 Å². The minimum absolute atomic E-state index is 0.118. The number of rotatable bonds is 2. The van der Waals surface area contributed by atoms with E-state index < -0.39 is 11.8 Å². The van der Waals surface area contributed by atoms with E-state index in [1.165, 1.54) is 19.3 Å². The Morgan fingerprint density at radius 1 is 1.56 bits per heavy atom. The van der Waals surface area contributed by atoms with Gasteiger partial charge in [0.05, 0.1) is 13.7 Å². The summed E-state index contributed by atoms with van der Waals surface area (Å²) in [6, 6.07) is 0. The zero-order chi connectivity index (χ0) is 13.3. The molecule has 0 radical (unpaired) electrons. The van der Waals surface area contributed by atoms with Crippen LogP contribution in [0.15, 0.2) is 35.8 Å². The van der Waals surface area contributed by atoms with Crippen LogP contribution < -0.4 is 5.32 Å². The van der Waals surface area contributed by atoms with Crippen molar-refractivity contribution in [2.75, 3.05) is 13.7 Å². The Morgan fingerprint density at radius 2 is 2.28 bits per heavy atom. The summed E-state index contributed by atoms with van der Waals surface area (Å²) in [6.45, 7) is 3.67. The van der Waals surface area contributed by atoms with E-state index in [9.17, 15) is 14.4 Å². The van der Waals surface area contributed by atoms with Crippen molar-refractivity contribution in [3.05, 3.63) is 35.8 Å². The number of nitrogens with zero attached hydrogens (tertiary/aromatic N) is 1. The van der Waals surface area contributed by atoms with Crippen LogP contribution in [0.5, 0.6) is 0 Å². The third-order valence-electron chi connectivity index (χ3n) is 2.69. The molecule has 0 aliphatic carbocycles. The second-order valence-corrected chi connectivity index (χ2v) is 3.98. The predicted octanol–water partition coefficient (Wildman–Crippen LogP) is -0.155. The number of ether oxygens (including phenoxy) is 1. The van der Waals surface area contributed by atoms with Crippen molar-refractivity contribution in [3.63, 3.8) is 0 Å². The van der Waals surface area contributed by atoms with Crippen molar-refractivity contribution in [1.29, 1.82) is 0 Å². The second kappa shape index (κ2) is 4.48.